The highest BCUT2D eigenvalue weighted by atomic mass is 79.9. The first kappa shape index (κ1) is 18.9. The third-order valence-corrected chi connectivity index (χ3v) is 4.94. The van der Waals surface area contributed by atoms with Gasteiger partial charge in [-0.2, -0.15) is 0 Å². The van der Waals surface area contributed by atoms with Crippen molar-refractivity contribution < 1.29 is 9.47 Å². The minimum atomic E-state index is 0.173. The van der Waals surface area contributed by atoms with Crippen LogP contribution < -0.4 is 9.47 Å². The highest BCUT2D eigenvalue weighted by molar-refractivity contribution is 9.09. The van der Waals surface area contributed by atoms with E-state index < -0.39 is 0 Å². The Morgan fingerprint density at radius 3 is 1.42 bits per heavy atom. The Hall–Kier alpha value is -1.48. The molecule has 0 saturated carbocycles. The summed E-state index contributed by atoms with van der Waals surface area (Å²) in [6.45, 7) is 5.91. The number of benzene rings is 2. The molecule has 0 saturated heterocycles. The second-order valence-electron chi connectivity index (χ2n) is 5.90. The molecule has 0 aliphatic heterocycles. The van der Waals surface area contributed by atoms with E-state index in [0.29, 0.717) is 0 Å². The lowest BCUT2D eigenvalue weighted by Gasteiger charge is -2.13. The molecule has 2 nitrogen and oxygen atoms in total. The molecule has 2 aromatic carbocycles. The van der Waals surface area contributed by atoms with Gasteiger partial charge >= 0.3 is 0 Å². The van der Waals surface area contributed by atoms with Crippen LogP contribution in [0.4, 0.5) is 0 Å². The summed E-state index contributed by atoms with van der Waals surface area (Å²) < 4.78 is 11.4. The Labute approximate surface area is 154 Å². The second kappa shape index (κ2) is 10.4. The van der Waals surface area contributed by atoms with Crippen LogP contribution in [0, 0.1) is 0 Å². The quantitative estimate of drug-likeness (QED) is 0.339. The van der Waals surface area contributed by atoms with Gasteiger partial charge in [-0.15, -0.1) is 0 Å². The van der Waals surface area contributed by atoms with Gasteiger partial charge in [0.05, 0.1) is 18.0 Å². The molecule has 0 aliphatic rings. The normalized spacial score (nSPS) is 10.8. The Kier molecular flexibility index (Phi) is 8.17. The van der Waals surface area contributed by atoms with E-state index in [1.807, 2.05) is 24.3 Å². The predicted molar refractivity (Wildman–Crippen MR) is 104 cm³/mol. The van der Waals surface area contributed by atoms with E-state index in [4.69, 9.17) is 9.47 Å². The molecular formula is C21H27BrO2. The van der Waals surface area contributed by atoms with Gasteiger partial charge in [0.15, 0.2) is 0 Å². The van der Waals surface area contributed by atoms with Crippen LogP contribution in [-0.2, 0) is 0 Å². The Morgan fingerprint density at radius 2 is 1.08 bits per heavy atom. The number of unbranched alkanes of at least 4 members (excludes halogenated alkanes) is 2. The lowest BCUT2D eigenvalue weighted by Crippen LogP contribution is -1.98. The van der Waals surface area contributed by atoms with Gasteiger partial charge in [0.1, 0.15) is 11.5 Å². The zero-order chi connectivity index (χ0) is 17.2. The molecule has 0 unspecified atom stereocenters. The Bertz CT molecular complexity index is 524. The number of alkyl halides is 1. The summed E-state index contributed by atoms with van der Waals surface area (Å²) in [5.74, 6) is 1.87. The first-order valence-corrected chi connectivity index (χ1v) is 9.75. The van der Waals surface area contributed by atoms with Crippen LogP contribution in [0.25, 0.3) is 0 Å². The number of hydrogen-bond acceptors (Lipinski definition) is 2. The van der Waals surface area contributed by atoms with E-state index >= 15 is 0 Å². The summed E-state index contributed by atoms with van der Waals surface area (Å²) in [4.78, 5) is 0.173. The molecule has 130 valence electrons. The van der Waals surface area contributed by atoms with Crippen LogP contribution in [-0.4, -0.2) is 13.2 Å². The number of hydrogen-bond donors (Lipinski definition) is 0. The second-order valence-corrected chi connectivity index (χ2v) is 6.82. The van der Waals surface area contributed by atoms with Gasteiger partial charge in [0, 0.05) is 0 Å². The lowest BCUT2D eigenvalue weighted by atomic mass is 10.0. The number of halogens is 1. The zero-order valence-corrected chi connectivity index (χ0v) is 16.2. The summed E-state index contributed by atoms with van der Waals surface area (Å²) in [7, 11) is 0. The number of ether oxygens (including phenoxy) is 2. The largest absolute Gasteiger partial charge is 0.494 e. The lowest BCUT2D eigenvalue weighted by molar-refractivity contribution is 0.309. The fraction of sp³-hybridized carbons (Fsp3) is 0.429. The Balaban J connectivity index is 1.93. The van der Waals surface area contributed by atoms with Crippen molar-refractivity contribution in [3.63, 3.8) is 0 Å². The molecule has 0 atom stereocenters. The van der Waals surface area contributed by atoms with Gasteiger partial charge in [-0.25, -0.2) is 0 Å². The van der Waals surface area contributed by atoms with E-state index in [-0.39, 0.29) is 4.83 Å². The molecule has 0 aromatic heterocycles. The van der Waals surface area contributed by atoms with Crippen LogP contribution in [0.1, 0.15) is 55.5 Å². The molecule has 24 heavy (non-hydrogen) atoms. The fourth-order valence-electron chi connectivity index (χ4n) is 2.33. The van der Waals surface area contributed by atoms with Crippen molar-refractivity contribution >= 4 is 15.9 Å². The summed E-state index contributed by atoms with van der Waals surface area (Å²) in [5, 5.41) is 0. The van der Waals surface area contributed by atoms with Crippen molar-refractivity contribution in [2.24, 2.45) is 0 Å². The van der Waals surface area contributed by atoms with Crippen LogP contribution in [0.5, 0.6) is 11.5 Å². The molecule has 0 bridgehead atoms. The van der Waals surface area contributed by atoms with Crippen molar-refractivity contribution in [2.45, 2.75) is 44.4 Å². The van der Waals surface area contributed by atoms with Gasteiger partial charge < -0.3 is 9.47 Å². The average Bonchev–Trinajstić information content (AvgIpc) is 2.63. The van der Waals surface area contributed by atoms with Crippen molar-refractivity contribution in [2.75, 3.05) is 13.2 Å². The first-order chi connectivity index (χ1) is 11.7. The third kappa shape index (κ3) is 5.86. The van der Waals surface area contributed by atoms with Crippen LogP contribution in [0.15, 0.2) is 48.5 Å². The van der Waals surface area contributed by atoms with Gasteiger partial charge in [-0.3, -0.25) is 0 Å². The summed E-state index contributed by atoms with van der Waals surface area (Å²) in [6, 6.07) is 16.6. The molecule has 0 aliphatic carbocycles. The van der Waals surface area contributed by atoms with E-state index in [1.165, 1.54) is 11.1 Å². The van der Waals surface area contributed by atoms with Crippen LogP contribution in [0.2, 0.25) is 0 Å². The van der Waals surface area contributed by atoms with E-state index in [2.05, 4.69) is 54.0 Å². The summed E-state index contributed by atoms with van der Waals surface area (Å²) in [5.41, 5.74) is 2.44. The van der Waals surface area contributed by atoms with Crippen molar-refractivity contribution in [1.82, 2.24) is 0 Å². The molecule has 0 amide bonds. The highest BCUT2D eigenvalue weighted by Gasteiger charge is 2.10. The smallest absolute Gasteiger partial charge is 0.119 e. The molecule has 0 N–H and O–H groups in total. The minimum absolute atomic E-state index is 0.173. The summed E-state index contributed by atoms with van der Waals surface area (Å²) >= 11 is 3.79. The molecule has 0 fully saturated rings. The standard InChI is InChI=1S/C21H27BrO2/c1-3-5-15-23-19-11-7-17(8-12-19)21(22)18-9-13-20(14-10-18)24-16-6-4-2/h7-14,21H,3-6,15-16H2,1-2H3. The van der Waals surface area contributed by atoms with E-state index in [1.54, 1.807) is 0 Å². The average molecular weight is 391 g/mol. The maximum atomic E-state index is 5.72. The van der Waals surface area contributed by atoms with Crippen LogP contribution in [0.3, 0.4) is 0 Å². The molecule has 0 radical (unpaired) electrons. The maximum absolute atomic E-state index is 5.72. The van der Waals surface area contributed by atoms with Crippen molar-refractivity contribution in [3.05, 3.63) is 59.7 Å². The molecule has 3 heteroatoms. The van der Waals surface area contributed by atoms with Gasteiger partial charge in [0.2, 0.25) is 0 Å². The SMILES string of the molecule is CCCCOc1ccc(C(Br)c2ccc(OCCCC)cc2)cc1. The monoisotopic (exact) mass is 390 g/mol. The fourth-order valence-corrected chi connectivity index (χ4v) is 2.94. The van der Waals surface area contributed by atoms with Crippen molar-refractivity contribution in [1.29, 1.82) is 0 Å². The van der Waals surface area contributed by atoms with Gasteiger partial charge in [0.25, 0.3) is 0 Å². The third-order valence-electron chi connectivity index (χ3n) is 3.88. The molecule has 2 aromatic rings. The molecule has 0 heterocycles. The van der Waals surface area contributed by atoms with E-state index in [9.17, 15) is 0 Å². The Morgan fingerprint density at radius 1 is 0.708 bits per heavy atom. The summed E-state index contributed by atoms with van der Waals surface area (Å²) in [6.07, 6.45) is 4.49. The maximum Gasteiger partial charge on any atom is 0.119 e. The zero-order valence-electron chi connectivity index (χ0n) is 14.6. The molecule has 0 spiro atoms. The number of rotatable bonds is 10. The predicted octanol–water partition coefficient (Wildman–Crippen LogP) is 6.53. The topological polar surface area (TPSA) is 18.5 Å². The van der Waals surface area contributed by atoms with Crippen LogP contribution >= 0.6 is 15.9 Å². The van der Waals surface area contributed by atoms with Crippen molar-refractivity contribution in [3.8, 4) is 11.5 Å². The molecule has 2 rings (SSSR count). The minimum Gasteiger partial charge on any atom is -0.494 e. The van der Waals surface area contributed by atoms with Gasteiger partial charge in [-0.1, -0.05) is 66.9 Å². The highest BCUT2D eigenvalue weighted by Crippen LogP contribution is 2.32. The van der Waals surface area contributed by atoms with E-state index in [0.717, 1.165) is 50.4 Å². The molecular weight excluding hydrogens is 364 g/mol. The first-order valence-electron chi connectivity index (χ1n) is 8.84. The van der Waals surface area contributed by atoms with Gasteiger partial charge in [-0.05, 0) is 48.2 Å².